The summed E-state index contributed by atoms with van der Waals surface area (Å²) < 4.78 is 5.56. The number of para-hydroxylation sites is 1. The van der Waals surface area contributed by atoms with Crippen molar-refractivity contribution in [3.05, 3.63) is 35.0 Å². The van der Waals surface area contributed by atoms with Crippen molar-refractivity contribution in [1.82, 2.24) is 5.32 Å². The largest absolute Gasteiger partial charge is 0.444 e. The second kappa shape index (κ2) is 6.44. The molecule has 1 N–H and O–H groups in total. The van der Waals surface area contributed by atoms with Crippen LogP contribution < -0.4 is 5.32 Å². The fourth-order valence-electron chi connectivity index (χ4n) is 2.36. The van der Waals surface area contributed by atoms with Crippen molar-refractivity contribution < 1.29 is 4.42 Å². The van der Waals surface area contributed by atoms with Crippen LogP contribution >= 0.6 is 11.6 Å². The minimum absolute atomic E-state index is 0.486. The van der Waals surface area contributed by atoms with Crippen LogP contribution in [0.1, 0.15) is 39.2 Å². The lowest BCUT2D eigenvalue weighted by molar-refractivity contribution is 0.412. The van der Waals surface area contributed by atoms with Gasteiger partial charge in [0.15, 0.2) is 5.22 Å². The molecule has 2 rings (SSSR count). The number of halogens is 1. The molecule has 0 aliphatic heterocycles. The van der Waals surface area contributed by atoms with Crippen LogP contribution in [0, 0.1) is 5.92 Å². The summed E-state index contributed by atoms with van der Waals surface area (Å²) >= 11 is 6.18. The summed E-state index contributed by atoms with van der Waals surface area (Å²) in [5.41, 5.74) is 1.92. The number of hydrogen-bond acceptors (Lipinski definition) is 2. The van der Waals surface area contributed by atoms with Crippen LogP contribution in [0.4, 0.5) is 0 Å². The van der Waals surface area contributed by atoms with Crippen molar-refractivity contribution >= 4 is 22.6 Å². The minimum atomic E-state index is 0.486. The number of rotatable bonds is 6. The second-order valence-electron chi connectivity index (χ2n) is 5.38. The standard InChI is InChI=1S/C16H22ClNO/c1-4-11(2)9-12(3)18-10-14-13-7-5-6-8-15(13)19-16(14)17/h5-8,11-12,18H,4,9-10H2,1-3H3. The lowest BCUT2D eigenvalue weighted by Gasteiger charge is -2.17. The van der Waals surface area contributed by atoms with E-state index in [1.807, 2.05) is 18.2 Å². The number of benzene rings is 1. The topological polar surface area (TPSA) is 25.2 Å². The van der Waals surface area contributed by atoms with Crippen molar-refractivity contribution in [3.8, 4) is 0 Å². The average molecular weight is 280 g/mol. The molecule has 0 spiro atoms. The quantitative estimate of drug-likeness (QED) is 0.805. The summed E-state index contributed by atoms with van der Waals surface area (Å²) in [6.07, 6.45) is 2.41. The van der Waals surface area contributed by atoms with Gasteiger partial charge in [0.05, 0.1) is 0 Å². The maximum absolute atomic E-state index is 6.18. The molecule has 2 aromatic rings. The van der Waals surface area contributed by atoms with E-state index in [-0.39, 0.29) is 0 Å². The Morgan fingerprint density at radius 1 is 1.26 bits per heavy atom. The van der Waals surface area contributed by atoms with Crippen molar-refractivity contribution in [2.75, 3.05) is 0 Å². The Labute approximate surface area is 120 Å². The Morgan fingerprint density at radius 3 is 2.74 bits per heavy atom. The zero-order valence-corrected chi connectivity index (χ0v) is 12.6. The van der Waals surface area contributed by atoms with Gasteiger partial charge in [-0.05, 0) is 36.9 Å². The van der Waals surface area contributed by atoms with E-state index in [0.717, 1.165) is 29.0 Å². The van der Waals surface area contributed by atoms with Gasteiger partial charge in [-0.2, -0.15) is 0 Å². The van der Waals surface area contributed by atoms with Gasteiger partial charge in [0.25, 0.3) is 0 Å². The summed E-state index contributed by atoms with van der Waals surface area (Å²) in [7, 11) is 0. The molecule has 0 amide bonds. The number of furan rings is 1. The zero-order chi connectivity index (χ0) is 13.8. The van der Waals surface area contributed by atoms with Crippen LogP contribution in [0.3, 0.4) is 0 Å². The first-order chi connectivity index (χ1) is 9.11. The van der Waals surface area contributed by atoms with Gasteiger partial charge in [0.2, 0.25) is 0 Å². The van der Waals surface area contributed by atoms with E-state index in [4.69, 9.17) is 16.0 Å². The minimum Gasteiger partial charge on any atom is -0.444 e. The van der Waals surface area contributed by atoms with E-state index >= 15 is 0 Å². The Kier molecular flexibility index (Phi) is 4.89. The smallest absolute Gasteiger partial charge is 0.199 e. The van der Waals surface area contributed by atoms with E-state index in [1.54, 1.807) is 0 Å². The predicted octanol–water partition coefficient (Wildman–Crippen LogP) is 5.00. The summed E-state index contributed by atoms with van der Waals surface area (Å²) in [6, 6.07) is 8.47. The van der Waals surface area contributed by atoms with Gasteiger partial charge in [-0.3, -0.25) is 0 Å². The fourth-order valence-corrected chi connectivity index (χ4v) is 2.62. The molecule has 0 aliphatic carbocycles. The molecule has 19 heavy (non-hydrogen) atoms. The van der Waals surface area contributed by atoms with Crippen molar-refractivity contribution in [2.45, 2.75) is 46.2 Å². The Morgan fingerprint density at radius 2 is 2.00 bits per heavy atom. The normalized spacial score (nSPS) is 14.7. The van der Waals surface area contributed by atoms with Gasteiger partial charge < -0.3 is 9.73 Å². The molecule has 0 saturated heterocycles. The molecule has 3 heteroatoms. The summed E-state index contributed by atoms with van der Waals surface area (Å²) in [4.78, 5) is 0. The average Bonchev–Trinajstić information content (AvgIpc) is 2.71. The number of hydrogen-bond donors (Lipinski definition) is 1. The van der Waals surface area contributed by atoms with E-state index in [9.17, 15) is 0 Å². The van der Waals surface area contributed by atoms with Crippen LogP contribution in [0.25, 0.3) is 11.0 Å². The van der Waals surface area contributed by atoms with Gasteiger partial charge in [-0.15, -0.1) is 0 Å². The molecule has 1 aromatic heterocycles. The van der Waals surface area contributed by atoms with E-state index < -0.39 is 0 Å². The maximum atomic E-state index is 6.18. The number of fused-ring (bicyclic) bond motifs is 1. The van der Waals surface area contributed by atoms with Crippen LogP contribution in [0.2, 0.25) is 5.22 Å². The zero-order valence-electron chi connectivity index (χ0n) is 11.9. The molecule has 0 aliphatic rings. The molecule has 0 saturated carbocycles. The van der Waals surface area contributed by atoms with Gasteiger partial charge in [0, 0.05) is 23.5 Å². The van der Waals surface area contributed by atoms with Crippen molar-refractivity contribution in [3.63, 3.8) is 0 Å². The van der Waals surface area contributed by atoms with E-state index in [0.29, 0.717) is 11.3 Å². The van der Waals surface area contributed by atoms with Crippen LogP contribution in [0.15, 0.2) is 28.7 Å². The first-order valence-corrected chi connectivity index (χ1v) is 7.38. The van der Waals surface area contributed by atoms with Gasteiger partial charge >= 0.3 is 0 Å². The highest BCUT2D eigenvalue weighted by molar-refractivity contribution is 6.30. The molecule has 104 valence electrons. The summed E-state index contributed by atoms with van der Waals surface area (Å²) in [5.74, 6) is 0.749. The number of nitrogens with one attached hydrogen (secondary N) is 1. The first-order valence-electron chi connectivity index (χ1n) is 7.01. The monoisotopic (exact) mass is 279 g/mol. The first kappa shape index (κ1) is 14.4. The van der Waals surface area contributed by atoms with Crippen LogP contribution in [0.5, 0.6) is 0 Å². The Hall–Kier alpha value is -0.990. The third-order valence-corrected chi connectivity index (χ3v) is 4.03. The van der Waals surface area contributed by atoms with Gasteiger partial charge in [-0.25, -0.2) is 0 Å². The van der Waals surface area contributed by atoms with Crippen molar-refractivity contribution in [2.24, 2.45) is 5.92 Å². The molecular weight excluding hydrogens is 258 g/mol. The van der Waals surface area contributed by atoms with E-state index in [2.05, 4.69) is 32.2 Å². The molecule has 1 aromatic carbocycles. The van der Waals surface area contributed by atoms with Crippen molar-refractivity contribution in [1.29, 1.82) is 0 Å². The Balaban J connectivity index is 2.03. The summed E-state index contributed by atoms with van der Waals surface area (Å²) in [5, 5.41) is 5.15. The molecule has 2 nitrogen and oxygen atoms in total. The van der Waals surface area contributed by atoms with Crippen LogP contribution in [-0.4, -0.2) is 6.04 Å². The molecule has 0 radical (unpaired) electrons. The highest BCUT2D eigenvalue weighted by atomic mass is 35.5. The molecule has 0 bridgehead atoms. The predicted molar refractivity (Wildman–Crippen MR) is 81.6 cm³/mol. The Bertz CT molecular complexity index is 535. The summed E-state index contributed by atoms with van der Waals surface area (Å²) in [6.45, 7) is 7.51. The second-order valence-corrected chi connectivity index (χ2v) is 5.72. The lowest BCUT2D eigenvalue weighted by Crippen LogP contribution is -2.27. The molecule has 0 fully saturated rings. The SMILES string of the molecule is CCC(C)CC(C)NCc1c(Cl)oc2ccccc12. The lowest BCUT2D eigenvalue weighted by atomic mass is 10.0. The highest BCUT2D eigenvalue weighted by Gasteiger charge is 2.13. The van der Waals surface area contributed by atoms with Crippen LogP contribution in [-0.2, 0) is 6.54 Å². The third kappa shape index (κ3) is 3.52. The maximum Gasteiger partial charge on any atom is 0.199 e. The molecule has 1 heterocycles. The van der Waals surface area contributed by atoms with E-state index in [1.165, 1.54) is 12.8 Å². The third-order valence-electron chi connectivity index (χ3n) is 3.73. The molecule has 2 atom stereocenters. The highest BCUT2D eigenvalue weighted by Crippen LogP contribution is 2.29. The van der Waals surface area contributed by atoms with Gasteiger partial charge in [-0.1, -0.05) is 38.5 Å². The fraction of sp³-hybridized carbons (Fsp3) is 0.500. The molecule has 2 unspecified atom stereocenters. The molecular formula is C16H22ClNO. The van der Waals surface area contributed by atoms with Gasteiger partial charge in [0.1, 0.15) is 5.58 Å².